The summed E-state index contributed by atoms with van der Waals surface area (Å²) in [5.41, 5.74) is 2.60. The van der Waals surface area contributed by atoms with E-state index in [1.165, 1.54) is 4.31 Å². The average Bonchev–Trinajstić information content (AvgIpc) is 2.93. The van der Waals surface area contributed by atoms with Gasteiger partial charge in [0.05, 0.1) is 11.9 Å². The molecule has 7 nitrogen and oxygen atoms in total. The molecule has 0 aromatic heterocycles. The van der Waals surface area contributed by atoms with Crippen molar-refractivity contribution < 1.29 is 17.9 Å². The van der Waals surface area contributed by atoms with Gasteiger partial charge in [-0.1, -0.05) is 24.3 Å². The number of fused-ring (bicyclic) bond motifs is 1. The maximum Gasteiger partial charge on any atom is 0.261 e. The van der Waals surface area contributed by atoms with E-state index in [1.807, 2.05) is 12.1 Å². The number of nitrogens with zero attached hydrogens (tertiary/aromatic N) is 2. The monoisotopic (exact) mass is 431 g/mol. The third-order valence-electron chi connectivity index (χ3n) is 5.22. The lowest BCUT2D eigenvalue weighted by Gasteiger charge is -2.21. The van der Waals surface area contributed by atoms with Gasteiger partial charge in [0.2, 0.25) is 10.0 Å². The Bertz CT molecular complexity index is 972. The number of hydrogen-bond donors (Lipinski definition) is 1. The Kier molecular flexibility index (Phi) is 6.87. The molecule has 0 spiro atoms. The number of rotatable bonds is 7. The Morgan fingerprint density at radius 2 is 1.80 bits per heavy atom. The van der Waals surface area contributed by atoms with Crippen molar-refractivity contribution in [1.82, 2.24) is 5.32 Å². The molecule has 1 unspecified atom stereocenters. The number of anilines is 2. The smallest absolute Gasteiger partial charge is 0.261 e. The summed E-state index contributed by atoms with van der Waals surface area (Å²) in [6, 6.07) is 15.0. The van der Waals surface area contributed by atoms with Crippen molar-refractivity contribution >= 4 is 27.3 Å². The number of carbonyl (C=O) groups is 1. The molecule has 2 aromatic rings. The lowest BCUT2D eigenvalue weighted by molar-refractivity contribution is -0.128. The maximum absolute atomic E-state index is 12.7. The van der Waals surface area contributed by atoms with Crippen LogP contribution in [-0.2, 0) is 21.4 Å². The Hall–Kier alpha value is -2.74. The second kappa shape index (κ2) is 9.38. The van der Waals surface area contributed by atoms with Crippen molar-refractivity contribution in [3.8, 4) is 5.75 Å². The SMILES string of the molecule is CCN(CC)c1ccc(CNC(=O)C2CCN(S(C)(=O)=O)c3ccccc3O2)cc1. The van der Waals surface area contributed by atoms with Gasteiger partial charge in [-0.2, -0.15) is 0 Å². The summed E-state index contributed by atoms with van der Waals surface area (Å²) in [4.78, 5) is 15.0. The summed E-state index contributed by atoms with van der Waals surface area (Å²) >= 11 is 0. The number of ether oxygens (including phenoxy) is 1. The molecule has 1 aliphatic heterocycles. The number of hydrogen-bond acceptors (Lipinski definition) is 5. The average molecular weight is 432 g/mol. The minimum atomic E-state index is -3.47. The van der Waals surface area contributed by atoms with Gasteiger partial charge in [0, 0.05) is 38.3 Å². The Balaban J connectivity index is 1.66. The van der Waals surface area contributed by atoms with Crippen LogP contribution in [0.2, 0.25) is 0 Å². The van der Waals surface area contributed by atoms with Crippen molar-refractivity contribution in [2.24, 2.45) is 0 Å². The molecule has 3 rings (SSSR count). The summed E-state index contributed by atoms with van der Waals surface area (Å²) in [6.07, 6.45) is 0.674. The van der Waals surface area contributed by atoms with E-state index in [0.29, 0.717) is 18.0 Å². The lowest BCUT2D eigenvalue weighted by Crippen LogP contribution is -2.39. The summed E-state index contributed by atoms with van der Waals surface area (Å²) < 4.78 is 31.5. The fourth-order valence-electron chi connectivity index (χ4n) is 3.58. The van der Waals surface area contributed by atoms with E-state index in [9.17, 15) is 13.2 Å². The highest BCUT2D eigenvalue weighted by atomic mass is 32.2. The van der Waals surface area contributed by atoms with Crippen LogP contribution in [0.3, 0.4) is 0 Å². The van der Waals surface area contributed by atoms with Crippen molar-refractivity contribution in [3.63, 3.8) is 0 Å². The van der Waals surface area contributed by atoms with E-state index in [0.717, 1.165) is 30.6 Å². The topological polar surface area (TPSA) is 79.0 Å². The second-order valence-electron chi connectivity index (χ2n) is 7.25. The summed E-state index contributed by atoms with van der Waals surface area (Å²) in [5, 5.41) is 2.91. The third kappa shape index (κ3) is 5.05. The predicted molar refractivity (Wildman–Crippen MR) is 120 cm³/mol. The van der Waals surface area contributed by atoms with Crippen LogP contribution in [0, 0.1) is 0 Å². The molecule has 0 bridgehead atoms. The molecule has 0 radical (unpaired) electrons. The first kappa shape index (κ1) is 22.0. The zero-order valence-corrected chi connectivity index (χ0v) is 18.5. The zero-order chi connectivity index (χ0) is 21.7. The van der Waals surface area contributed by atoms with E-state index >= 15 is 0 Å². The van der Waals surface area contributed by atoms with E-state index in [1.54, 1.807) is 24.3 Å². The van der Waals surface area contributed by atoms with Gasteiger partial charge in [0.25, 0.3) is 5.91 Å². The molecule has 30 heavy (non-hydrogen) atoms. The molecule has 1 aliphatic rings. The first-order valence-electron chi connectivity index (χ1n) is 10.2. The molecule has 1 amide bonds. The third-order valence-corrected chi connectivity index (χ3v) is 6.40. The first-order valence-corrected chi connectivity index (χ1v) is 12.0. The zero-order valence-electron chi connectivity index (χ0n) is 17.7. The molecular weight excluding hydrogens is 402 g/mol. The van der Waals surface area contributed by atoms with E-state index in [4.69, 9.17) is 4.74 Å². The van der Waals surface area contributed by atoms with Crippen molar-refractivity contribution in [2.45, 2.75) is 32.9 Å². The summed E-state index contributed by atoms with van der Waals surface area (Å²) in [5.74, 6) is 0.136. The highest BCUT2D eigenvalue weighted by Gasteiger charge is 2.30. The van der Waals surface area contributed by atoms with Gasteiger partial charge in [0.15, 0.2) is 6.10 Å². The maximum atomic E-state index is 12.7. The predicted octanol–water partition coefficient (Wildman–Crippen LogP) is 2.77. The standard InChI is InChI=1S/C22H29N3O4S/c1-4-24(5-2)18-12-10-17(11-13-18)16-23-22(26)21-14-15-25(30(3,27)28)19-8-6-7-9-20(19)29-21/h6-13,21H,4-5,14-16H2,1-3H3,(H,23,26). The largest absolute Gasteiger partial charge is 0.478 e. The van der Waals surface area contributed by atoms with E-state index in [-0.39, 0.29) is 18.9 Å². The van der Waals surface area contributed by atoms with E-state index < -0.39 is 16.1 Å². The molecule has 0 saturated heterocycles. The molecule has 162 valence electrons. The van der Waals surface area contributed by atoms with Crippen LogP contribution in [-0.4, -0.2) is 46.3 Å². The fraction of sp³-hybridized carbons (Fsp3) is 0.409. The molecule has 1 atom stereocenters. The highest BCUT2D eigenvalue weighted by Crippen LogP contribution is 2.33. The van der Waals surface area contributed by atoms with Crippen LogP contribution in [0.1, 0.15) is 25.8 Å². The number of amides is 1. The minimum Gasteiger partial charge on any atom is -0.478 e. The van der Waals surface area contributed by atoms with Gasteiger partial charge in [0.1, 0.15) is 5.75 Å². The van der Waals surface area contributed by atoms with Crippen LogP contribution < -0.4 is 19.3 Å². The number of carbonyl (C=O) groups excluding carboxylic acids is 1. The fourth-order valence-corrected chi connectivity index (χ4v) is 4.52. The Labute approximate surface area is 178 Å². The minimum absolute atomic E-state index is 0.187. The van der Waals surface area contributed by atoms with Crippen molar-refractivity contribution in [2.75, 3.05) is 35.1 Å². The highest BCUT2D eigenvalue weighted by molar-refractivity contribution is 7.92. The van der Waals surface area contributed by atoms with Crippen molar-refractivity contribution in [3.05, 3.63) is 54.1 Å². The van der Waals surface area contributed by atoms with Crippen LogP contribution in [0.25, 0.3) is 0 Å². The van der Waals surface area contributed by atoms with Crippen LogP contribution in [0.15, 0.2) is 48.5 Å². The lowest BCUT2D eigenvalue weighted by atomic mass is 10.1. The molecular formula is C22H29N3O4S. The van der Waals surface area contributed by atoms with Gasteiger partial charge < -0.3 is 15.0 Å². The molecule has 8 heteroatoms. The van der Waals surface area contributed by atoms with Crippen molar-refractivity contribution in [1.29, 1.82) is 0 Å². The van der Waals surface area contributed by atoms with Gasteiger partial charge in [-0.25, -0.2) is 8.42 Å². The molecule has 1 N–H and O–H groups in total. The molecule has 2 aromatic carbocycles. The van der Waals surface area contributed by atoms with Crippen LogP contribution in [0.4, 0.5) is 11.4 Å². The van der Waals surface area contributed by atoms with Gasteiger partial charge in [-0.3, -0.25) is 9.10 Å². The summed E-state index contributed by atoms with van der Waals surface area (Å²) in [7, 11) is -3.47. The molecule has 0 saturated carbocycles. The number of nitrogens with one attached hydrogen (secondary N) is 1. The van der Waals surface area contributed by atoms with Gasteiger partial charge in [-0.05, 0) is 43.7 Å². The number of para-hydroxylation sites is 2. The van der Waals surface area contributed by atoms with E-state index in [2.05, 4.69) is 36.2 Å². The van der Waals surface area contributed by atoms with Crippen LogP contribution in [0.5, 0.6) is 5.75 Å². The van der Waals surface area contributed by atoms with Gasteiger partial charge in [-0.15, -0.1) is 0 Å². The quantitative estimate of drug-likeness (QED) is 0.729. The molecule has 1 heterocycles. The molecule has 0 aliphatic carbocycles. The summed E-state index contributed by atoms with van der Waals surface area (Å²) in [6.45, 7) is 6.69. The van der Waals surface area contributed by atoms with Gasteiger partial charge >= 0.3 is 0 Å². The van der Waals surface area contributed by atoms with Crippen LogP contribution >= 0.6 is 0 Å². The molecule has 0 fully saturated rings. The number of sulfonamides is 1. The second-order valence-corrected chi connectivity index (χ2v) is 9.16. The normalized spacial score (nSPS) is 16.2. The first-order chi connectivity index (χ1) is 14.3. The Morgan fingerprint density at radius 1 is 1.13 bits per heavy atom. The number of benzene rings is 2. The Morgan fingerprint density at radius 3 is 2.43 bits per heavy atom.